The van der Waals surface area contributed by atoms with Crippen LogP contribution < -0.4 is 9.44 Å². The Morgan fingerprint density at radius 1 is 1.17 bits per heavy atom. The van der Waals surface area contributed by atoms with Crippen molar-refractivity contribution in [3.8, 4) is 0 Å². The lowest BCUT2D eigenvalue weighted by molar-refractivity contribution is -0.140. The van der Waals surface area contributed by atoms with E-state index >= 15 is 0 Å². The van der Waals surface area contributed by atoms with Crippen molar-refractivity contribution in [2.24, 2.45) is 5.92 Å². The molecular weight excluding hydrogens is 264 g/mol. The zero-order chi connectivity index (χ0) is 14.5. The molecule has 0 fully saturated rings. The molecule has 0 aliphatic rings. The molecule has 1 atom stereocenters. The summed E-state index contributed by atoms with van der Waals surface area (Å²) in [5.74, 6) is -1.80. The van der Waals surface area contributed by atoms with Crippen LogP contribution in [0.4, 0.5) is 4.79 Å². The highest BCUT2D eigenvalue weighted by Crippen LogP contribution is 2.03. The van der Waals surface area contributed by atoms with E-state index in [1.54, 1.807) is 18.6 Å². The maximum atomic E-state index is 11.5. The number of ether oxygens (including phenoxy) is 1. The van der Waals surface area contributed by atoms with E-state index in [1.807, 2.05) is 4.72 Å². The molecule has 1 amide bonds. The fraction of sp³-hybridized carbons (Fsp3) is 0.778. The zero-order valence-corrected chi connectivity index (χ0v) is 11.4. The van der Waals surface area contributed by atoms with E-state index < -0.39 is 40.3 Å². The highest BCUT2D eigenvalue weighted by atomic mass is 32.2. The van der Waals surface area contributed by atoms with E-state index in [4.69, 9.17) is 5.11 Å². The summed E-state index contributed by atoms with van der Waals surface area (Å²) >= 11 is 0. The summed E-state index contributed by atoms with van der Waals surface area (Å²) in [6, 6.07) is -1.32. The molecule has 0 bridgehead atoms. The molecule has 0 unspecified atom stereocenters. The molecular formula is C9H18N2O6S. The number of hydrogen-bond acceptors (Lipinski definition) is 5. The highest BCUT2D eigenvalue weighted by Gasteiger charge is 2.28. The molecule has 0 heterocycles. The fourth-order valence-electron chi connectivity index (χ4n) is 1.02. The molecule has 0 aromatic rings. The van der Waals surface area contributed by atoms with E-state index in [9.17, 15) is 18.0 Å². The molecule has 0 aliphatic heterocycles. The van der Waals surface area contributed by atoms with E-state index in [2.05, 4.69) is 4.74 Å². The molecule has 0 saturated carbocycles. The summed E-state index contributed by atoms with van der Waals surface area (Å²) in [7, 11) is -4.27. The average molecular weight is 282 g/mol. The smallest absolute Gasteiger partial charge is 0.422 e. The minimum atomic E-state index is -4.27. The van der Waals surface area contributed by atoms with Crippen LogP contribution in [0.5, 0.6) is 0 Å². The third-order valence-electron chi connectivity index (χ3n) is 1.78. The number of aliphatic carboxylic acids is 1. The highest BCUT2D eigenvalue weighted by molar-refractivity contribution is 7.88. The first-order chi connectivity index (χ1) is 8.05. The quantitative estimate of drug-likeness (QED) is 0.633. The minimum absolute atomic E-state index is 0.472. The van der Waals surface area contributed by atoms with Crippen molar-refractivity contribution in [1.29, 1.82) is 0 Å². The van der Waals surface area contributed by atoms with Gasteiger partial charge in [-0.05, 0) is 19.8 Å². The number of rotatable bonds is 6. The van der Waals surface area contributed by atoms with Crippen LogP contribution in [0.1, 0.15) is 27.7 Å². The van der Waals surface area contributed by atoms with E-state index in [0.29, 0.717) is 0 Å². The van der Waals surface area contributed by atoms with Crippen LogP contribution in [0, 0.1) is 5.92 Å². The van der Waals surface area contributed by atoms with Crippen molar-refractivity contribution >= 4 is 22.3 Å². The molecule has 3 N–H and O–H groups in total. The van der Waals surface area contributed by atoms with Crippen LogP contribution in [0.25, 0.3) is 0 Å². The summed E-state index contributed by atoms with van der Waals surface area (Å²) in [6.45, 7) is 6.17. The number of amides is 1. The summed E-state index contributed by atoms with van der Waals surface area (Å²) in [6.07, 6.45) is -1.65. The van der Waals surface area contributed by atoms with Gasteiger partial charge in [0.15, 0.2) is 0 Å². The monoisotopic (exact) mass is 282 g/mol. The molecule has 106 valence electrons. The van der Waals surface area contributed by atoms with Gasteiger partial charge in [0.1, 0.15) is 6.04 Å². The van der Waals surface area contributed by atoms with E-state index in [0.717, 1.165) is 0 Å². The predicted molar refractivity (Wildman–Crippen MR) is 63.1 cm³/mol. The Bertz CT molecular complexity index is 403. The Hall–Kier alpha value is -1.35. The number of carboxylic acids is 1. The van der Waals surface area contributed by atoms with E-state index in [-0.39, 0.29) is 0 Å². The SMILES string of the molecule is CC(C)OC(=O)NS(=O)(=O)N[C@@H](C(=O)O)C(C)C. The summed E-state index contributed by atoms with van der Waals surface area (Å²) in [4.78, 5) is 21.9. The summed E-state index contributed by atoms with van der Waals surface area (Å²) < 4.78 is 30.9. The van der Waals surface area contributed by atoms with Crippen LogP contribution >= 0.6 is 0 Å². The number of carbonyl (C=O) groups is 2. The average Bonchev–Trinajstić information content (AvgIpc) is 2.10. The van der Waals surface area contributed by atoms with Crippen LogP contribution in [-0.4, -0.2) is 37.7 Å². The molecule has 0 rings (SSSR count). The largest absolute Gasteiger partial charge is 0.480 e. The zero-order valence-electron chi connectivity index (χ0n) is 10.6. The first-order valence-electron chi connectivity index (χ1n) is 5.28. The van der Waals surface area contributed by atoms with Gasteiger partial charge in [-0.3, -0.25) is 4.79 Å². The third kappa shape index (κ3) is 6.40. The lowest BCUT2D eigenvalue weighted by atomic mass is 10.1. The van der Waals surface area contributed by atoms with Crippen molar-refractivity contribution in [2.75, 3.05) is 0 Å². The van der Waals surface area contributed by atoms with Crippen LogP contribution in [0.15, 0.2) is 0 Å². The number of carboxylic acid groups (broad SMARTS) is 1. The van der Waals surface area contributed by atoms with Gasteiger partial charge in [-0.2, -0.15) is 13.1 Å². The molecule has 0 aromatic carbocycles. The van der Waals surface area contributed by atoms with Crippen molar-refractivity contribution < 1.29 is 27.9 Å². The van der Waals surface area contributed by atoms with Gasteiger partial charge < -0.3 is 9.84 Å². The molecule has 0 radical (unpaired) electrons. The normalized spacial score (nSPS) is 13.4. The Balaban J connectivity index is 4.65. The van der Waals surface area contributed by atoms with E-state index in [1.165, 1.54) is 13.8 Å². The maximum Gasteiger partial charge on any atom is 0.422 e. The Morgan fingerprint density at radius 2 is 1.67 bits per heavy atom. The standard InChI is InChI=1S/C9H18N2O6S/c1-5(2)7(8(12)13)10-18(15,16)11-9(14)17-6(3)4/h5-7,10H,1-4H3,(H,11,14)(H,12,13)/t7-/m1/s1. The first kappa shape index (κ1) is 16.6. The second-order valence-corrected chi connectivity index (χ2v) is 5.68. The second kappa shape index (κ2) is 6.55. The molecule has 0 saturated heterocycles. The molecule has 18 heavy (non-hydrogen) atoms. The topological polar surface area (TPSA) is 122 Å². The lowest BCUT2D eigenvalue weighted by Gasteiger charge is -2.18. The van der Waals surface area contributed by atoms with Gasteiger partial charge >= 0.3 is 22.3 Å². The van der Waals surface area contributed by atoms with Gasteiger partial charge in [-0.1, -0.05) is 13.8 Å². The Morgan fingerprint density at radius 3 is 2.00 bits per heavy atom. The van der Waals surface area contributed by atoms with Gasteiger partial charge in [0.25, 0.3) is 0 Å². The van der Waals surface area contributed by atoms with Crippen LogP contribution in [-0.2, 0) is 19.7 Å². The minimum Gasteiger partial charge on any atom is -0.480 e. The first-order valence-corrected chi connectivity index (χ1v) is 6.77. The van der Waals surface area contributed by atoms with Gasteiger partial charge in [0.05, 0.1) is 6.10 Å². The fourth-order valence-corrected chi connectivity index (χ4v) is 2.05. The van der Waals surface area contributed by atoms with Gasteiger partial charge in [0, 0.05) is 0 Å². The van der Waals surface area contributed by atoms with Crippen molar-refractivity contribution in [3.05, 3.63) is 0 Å². The van der Waals surface area contributed by atoms with Gasteiger partial charge in [-0.25, -0.2) is 9.52 Å². The third-order valence-corrected chi connectivity index (χ3v) is 2.77. The molecule has 0 aromatic heterocycles. The Kier molecular flexibility index (Phi) is 6.06. The Labute approximate surface area is 106 Å². The van der Waals surface area contributed by atoms with Crippen LogP contribution in [0.2, 0.25) is 0 Å². The molecule has 8 nitrogen and oxygen atoms in total. The molecule has 0 spiro atoms. The van der Waals surface area contributed by atoms with Gasteiger partial charge in [0.2, 0.25) is 0 Å². The number of hydrogen-bond donors (Lipinski definition) is 3. The van der Waals surface area contributed by atoms with Crippen LogP contribution in [0.3, 0.4) is 0 Å². The van der Waals surface area contributed by atoms with Crippen molar-refractivity contribution in [3.63, 3.8) is 0 Å². The predicted octanol–water partition coefficient (Wildman–Crippen LogP) is 0.0646. The lowest BCUT2D eigenvalue weighted by Crippen LogP contribution is -2.50. The van der Waals surface area contributed by atoms with Crippen molar-refractivity contribution in [2.45, 2.75) is 39.8 Å². The number of carbonyl (C=O) groups excluding carboxylic acids is 1. The maximum absolute atomic E-state index is 11.5. The molecule has 0 aliphatic carbocycles. The summed E-state index contributed by atoms with van der Waals surface area (Å²) in [5.41, 5.74) is 0. The number of nitrogens with one attached hydrogen (secondary N) is 2. The molecule has 9 heteroatoms. The van der Waals surface area contributed by atoms with Gasteiger partial charge in [-0.15, -0.1) is 0 Å². The summed E-state index contributed by atoms with van der Waals surface area (Å²) in [5, 5.41) is 8.82. The van der Waals surface area contributed by atoms with Crippen molar-refractivity contribution in [1.82, 2.24) is 9.44 Å². The second-order valence-electron chi connectivity index (χ2n) is 4.24.